The minimum absolute atomic E-state index is 0.0517. The van der Waals surface area contributed by atoms with E-state index in [0.717, 1.165) is 19.4 Å². The first-order valence-corrected chi connectivity index (χ1v) is 4.47. The van der Waals surface area contributed by atoms with Gasteiger partial charge in [0.15, 0.2) is 0 Å². The van der Waals surface area contributed by atoms with Crippen LogP contribution in [0.15, 0.2) is 0 Å². The van der Waals surface area contributed by atoms with Crippen LogP contribution in [0.4, 0.5) is 0 Å². The highest BCUT2D eigenvalue weighted by atomic mass is 79.9. The summed E-state index contributed by atoms with van der Waals surface area (Å²) in [6.07, 6.45) is 2.12. The van der Waals surface area contributed by atoms with Crippen molar-refractivity contribution in [3.8, 4) is 0 Å². The minimum Gasteiger partial charge on any atom is -0.356 e. The first-order chi connectivity index (χ1) is 4.66. The van der Waals surface area contributed by atoms with Crippen LogP contribution in [0, 0.1) is 0 Å². The summed E-state index contributed by atoms with van der Waals surface area (Å²) in [5.41, 5.74) is 0. The first kappa shape index (κ1) is 9.95. The number of carbonyl (C=O) groups is 1. The van der Waals surface area contributed by atoms with Crippen LogP contribution in [0.5, 0.6) is 0 Å². The number of alkyl halides is 1. The summed E-state index contributed by atoms with van der Waals surface area (Å²) in [7, 11) is 0. The average molecular weight is 208 g/mol. The van der Waals surface area contributed by atoms with Crippen molar-refractivity contribution in [3.63, 3.8) is 0 Å². The average Bonchev–Trinajstić information content (AvgIpc) is 1.87. The van der Waals surface area contributed by atoms with Gasteiger partial charge >= 0.3 is 0 Å². The van der Waals surface area contributed by atoms with Gasteiger partial charge in [-0.15, -0.1) is 0 Å². The Kier molecular flexibility index (Phi) is 5.69. The molecule has 0 fully saturated rings. The van der Waals surface area contributed by atoms with Crippen molar-refractivity contribution >= 4 is 21.8 Å². The fourth-order valence-corrected chi connectivity index (χ4v) is 0.838. The highest BCUT2D eigenvalue weighted by Crippen LogP contribution is 2.07. The lowest BCUT2D eigenvalue weighted by molar-refractivity contribution is -0.118. The van der Waals surface area contributed by atoms with E-state index in [1.807, 2.05) is 0 Å². The summed E-state index contributed by atoms with van der Waals surface area (Å²) >= 11 is 3.48. The third kappa shape index (κ3) is 6.08. The smallest absolute Gasteiger partial charge is 0.216 e. The molecule has 1 atom stereocenters. The van der Waals surface area contributed by atoms with Gasteiger partial charge in [-0.05, 0) is 12.8 Å². The molecule has 3 heteroatoms. The zero-order valence-corrected chi connectivity index (χ0v) is 8.07. The third-order valence-corrected chi connectivity index (χ3v) is 2.38. The Morgan fingerprint density at radius 3 is 2.70 bits per heavy atom. The molecule has 0 spiro atoms. The largest absolute Gasteiger partial charge is 0.356 e. The Labute approximate surface area is 70.5 Å². The van der Waals surface area contributed by atoms with Gasteiger partial charge in [0.2, 0.25) is 5.91 Å². The molecule has 1 amide bonds. The van der Waals surface area contributed by atoms with Crippen molar-refractivity contribution in [2.45, 2.75) is 31.5 Å². The Morgan fingerprint density at radius 1 is 1.70 bits per heavy atom. The lowest BCUT2D eigenvalue weighted by Crippen LogP contribution is -2.22. The predicted molar refractivity (Wildman–Crippen MR) is 46.3 cm³/mol. The topological polar surface area (TPSA) is 29.1 Å². The predicted octanol–water partition coefficient (Wildman–Crippen LogP) is 1.69. The molecule has 0 saturated heterocycles. The Morgan fingerprint density at radius 2 is 2.30 bits per heavy atom. The van der Waals surface area contributed by atoms with Gasteiger partial charge in [0.1, 0.15) is 0 Å². The van der Waals surface area contributed by atoms with Gasteiger partial charge in [0, 0.05) is 18.3 Å². The molecule has 0 rings (SSSR count). The van der Waals surface area contributed by atoms with Crippen LogP contribution in [0.25, 0.3) is 0 Å². The zero-order valence-electron chi connectivity index (χ0n) is 6.48. The van der Waals surface area contributed by atoms with Crippen molar-refractivity contribution in [2.75, 3.05) is 6.54 Å². The molecule has 0 aliphatic carbocycles. The van der Waals surface area contributed by atoms with E-state index in [1.54, 1.807) is 0 Å². The van der Waals surface area contributed by atoms with Gasteiger partial charge in [-0.2, -0.15) is 0 Å². The molecule has 1 N–H and O–H groups in total. The molecule has 0 radical (unpaired) electrons. The molecule has 1 unspecified atom stereocenters. The SMILES string of the molecule is CCC(Br)CCNC(C)=O. The van der Waals surface area contributed by atoms with Crippen LogP contribution < -0.4 is 5.32 Å². The van der Waals surface area contributed by atoms with E-state index in [-0.39, 0.29) is 5.91 Å². The summed E-state index contributed by atoms with van der Waals surface area (Å²) < 4.78 is 0. The second-order valence-corrected chi connectivity index (χ2v) is 3.57. The van der Waals surface area contributed by atoms with E-state index in [2.05, 4.69) is 28.2 Å². The lowest BCUT2D eigenvalue weighted by atomic mass is 10.2. The lowest BCUT2D eigenvalue weighted by Gasteiger charge is -2.05. The Hall–Kier alpha value is -0.0500. The zero-order chi connectivity index (χ0) is 7.98. The van der Waals surface area contributed by atoms with Gasteiger partial charge in [-0.25, -0.2) is 0 Å². The van der Waals surface area contributed by atoms with Gasteiger partial charge in [-0.1, -0.05) is 22.9 Å². The summed E-state index contributed by atoms with van der Waals surface area (Å²) in [6.45, 7) is 4.43. The molecule has 2 nitrogen and oxygen atoms in total. The summed E-state index contributed by atoms with van der Waals surface area (Å²) in [6, 6.07) is 0. The summed E-state index contributed by atoms with van der Waals surface area (Å²) in [4.78, 5) is 10.9. The molecule has 0 aliphatic heterocycles. The van der Waals surface area contributed by atoms with Crippen LogP contribution >= 0.6 is 15.9 Å². The maximum Gasteiger partial charge on any atom is 0.216 e. The van der Waals surface area contributed by atoms with Crippen LogP contribution in [0.1, 0.15) is 26.7 Å². The molecule has 0 aromatic heterocycles. The number of halogens is 1. The van der Waals surface area contributed by atoms with E-state index in [1.165, 1.54) is 6.92 Å². The molecule has 0 bridgehead atoms. The molecular weight excluding hydrogens is 194 g/mol. The fourth-order valence-electron chi connectivity index (χ4n) is 0.609. The number of amides is 1. The van der Waals surface area contributed by atoms with Gasteiger partial charge in [0.25, 0.3) is 0 Å². The standard InChI is InChI=1S/C7H14BrNO/c1-3-7(8)4-5-9-6(2)10/h7H,3-5H2,1-2H3,(H,9,10). The van der Waals surface area contributed by atoms with Crippen LogP contribution in [-0.2, 0) is 4.79 Å². The van der Waals surface area contributed by atoms with Crippen LogP contribution in [-0.4, -0.2) is 17.3 Å². The second-order valence-electron chi connectivity index (χ2n) is 2.28. The molecule has 0 heterocycles. The Balaban J connectivity index is 3.11. The normalized spacial score (nSPS) is 12.7. The Bertz CT molecular complexity index is 106. The number of hydrogen-bond acceptors (Lipinski definition) is 1. The third-order valence-electron chi connectivity index (χ3n) is 1.27. The second kappa shape index (κ2) is 5.71. The number of nitrogens with one attached hydrogen (secondary N) is 1. The van der Waals surface area contributed by atoms with Gasteiger partial charge in [0.05, 0.1) is 0 Å². The molecular formula is C7H14BrNO. The monoisotopic (exact) mass is 207 g/mol. The number of hydrogen-bond donors (Lipinski definition) is 1. The molecule has 0 aliphatic rings. The number of rotatable bonds is 4. The molecule has 0 saturated carbocycles. The van der Waals surface area contributed by atoms with Crippen molar-refractivity contribution < 1.29 is 4.79 Å². The van der Waals surface area contributed by atoms with Gasteiger partial charge in [-0.3, -0.25) is 4.79 Å². The van der Waals surface area contributed by atoms with Crippen LogP contribution in [0.2, 0.25) is 0 Å². The van der Waals surface area contributed by atoms with Crippen molar-refractivity contribution in [1.29, 1.82) is 0 Å². The maximum atomic E-state index is 10.4. The molecule has 60 valence electrons. The van der Waals surface area contributed by atoms with Crippen LogP contribution in [0.3, 0.4) is 0 Å². The van der Waals surface area contributed by atoms with E-state index >= 15 is 0 Å². The summed E-state index contributed by atoms with van der Waals surface area (Å²) in [5.74, 6) is 0.0517. The molecule has 0 aromatic rings. The highest BCUT2D eigenvalue weighted by molar-refractivity contribution is 9.09. The van der Waals surface area contributed by atoms with E-state index in [4.69, 9.17) is 0 Å². The van der Waals surface area contributed by atoms with E-state index < -0.39 is 0 Å². The molecule has 0 aromatic carbocycles. The summed E-state index contributed by atoms with van der Waals surface area (Å²) in [5, 5.41) is 2.74. The maximum absolute atomic E-state index is 10.4. The van der Waals surface area contributed by atoms with Crippen molar-refractivity contribution in [1.82, 2.24) is 5.32 Å². The highest BCUT2D eigenvalue weighted by Gasteiger charge is 1.99. The molecule has 10 heavy (non-hydrogen) atoms. The van der Waals surface area contributed by atoms with E-state index in [9.17, 15) is 4.79 Å². The fraction of sp³-hybridized carbons (Fsp3) is 0.857. The quantitative estimate of drug-likeness (QED) is 0.699. The van der Waals surface area contributed by atoms with Crippen molar-refractivity contribution in [3.05, 3.63) is 0 Å². The first-order valence-electron chi connectivity index (χ1n) is 3.55. The van der Waals surface area contributed by atoms with Crippen molar-refractivity contribution in [2.24, 2.45) is 0 Å². The van der Waals surface area contributed by atoms with Gasteiger partial charge < -0.3 is 5.32 Å². The minimum atomic E-state index is 0.0517. The number of carbonyl (C=O) groups excluding carboxylic acids is 1. The van der Waals surface area contributed by atoms with E-state index in [0.29, 0.717) is 4.83 Å².